The molecule has 0 bridgehead atoms. The summed E-state index contributed by atoms with van der Waals surface area (Å²) in [6.07, 6.45) is 3.94. The van der Waals surface area contributed by atoms with E-state index in [0.29, 0.717) is 0 Å². The predicted molar refractivity (Wildman–Crippen MR) is 77.4 cm³/mol. The number of piperidine rings is 1. The lowest BCUT2D eigenvalue weighted by molar-refractivity contribution is 0.252. The quantitative estimate of drug-likeness (QED) is 0.761. The van der Waals surface area contributed by atoms with Crippen LogP contribution in [0.5, 0.6) is 0 Å². The van der Waals surface area contributed by atoms with Crippen molar-refractivity contribution < 1.29 is 0 Å². The molecule has 1 heterocycles. The van der Waals surface area contributed by atoms with Crippen LogP contribution in [0, 0.1) is 11.8 Å². The van der Waals surface area contributed by atoms with E-state index in [-0.39, 0.29) is 0 Å². The highest BCUT2D eigenvalue weighted by atomic mass is 15.1. The van der Waals surface area contributed by atoms with Crippen molar-refractivity contribution in [3.05, 3.63) is 41.5 Å². The first kappa shape index (κ1) is 12.0. The molecule has 1 aromatic carbocycles. The Hall–Kier alpha value is -1.08. The molecule has 0 aromatic heterocycles. The molecule has 1 fully saturated rings. The van der Waals surface area contributed by atoms with Crippen LogP contribution in [0.2, 0.25) is 0 Å². The van der Waals surface area contributed by atoms with Gasteiger partial charge in [0.25, 0.3) is 0 Å². The van der Waals surface area contributed by atoms with E-state index in [2.05, 4.69) is 49.2 Å². The number of nitrogens with zero attached hydrogens (tertiary/aromatic N) is 1. The Morgan fingerprint density at radius 3 is 2.72 bits per heavy atom. The van der Waals surface area contributed by atoms with Crippen LogP contribution in [-0.4, -0.2) is 25.0 Å². The van der Waals surface area contributed by atoms with Crippen LogP contribution in [0.25, 0.3) is 5.57 Å². The molecule has 0 spiro atoms. The van der Waals surface area contributed by atoms with Gasteiger partial charge in [0.2, 0.25) is 0 Å². The van der Waals surface area contributed by atoms with Gasteiger partial charge in [0.05, 0.1) is 0 Å². The van der Waals surface area contributed by atoms with Crippen molar-refractivity contribution in [3.8, 4) is 0 Å². The first-order chi connectivity index (χ1) is 8.79. The maximum Gasteiger partial charge on any atom is 0.00445 e. The number of hydrogen-bond donors (Lipinski definition) is 0. The molecule has 1 heteroatoms. The lowest BCUT2D eigenvalue weighted by atomic mass is 9.90. The summed E-state index contributed by atoms with van der Waals surface area (Å²) in [6, 6.07) is 11.1. The summed E-state index contributed by atoms with van der Waals surface area (Å²) in [5.41, 5.74) is 4.94. The van der Waals surface area contributed by atoms with E-state index in [4.69, 9.17) is 0 Å². The Balaban J connectivity index is 2.00. The second-order valence-corrected chi connectivity index (χ2v) is 5.85. The Morgan fingerprint density at radius 2 is 2.00 bits per heavy atom. The van der Waals surface area contributed by atoms with E-state index in [1.165, 1.54) is 37.9 Å². The van der Waals surface area contributed by atoms with Gasteiger partial charge in [0.1, 0.15) is 0 Å². The zero-order valence-electron chi connectivity index (χ0n) is 11.5. The first-order valence-corrected chi connectivity index (χ1v) is 7.26. The summed E-state index contributed by atoms with van der Waals surface area (Å²) in [7, 11) is 2.26. The van der Waals surface area contributed by atoms with Crippen molar-refractivity contribution >= 4 is 5.57 Å². The van der Waals surface area contributed by atoms with Crippen LogP contribution in [0.15, 0.2) is 35.9 Å². The van der Waals surface area contributed by atoms with Crippen LogP contribution in [0.3, 0.4) is 0 Å². The Bertz CT molecular complexity index is 446. The van der Waals surface area contributed by atoms with E-state index < -0.39 is 0 Å². The molecular weight excluding hydrogens is 218 g/mol. The third kappa shape index (κ3) is 2.01. The fourth-order valence-corrected chi connectivity index (χ4v) is 3.80. The van der Waals surface area contributed by atoms with E-state index >= 15 is 0 Å². The normalized spacial score (nSPS) is 28.6. The molecule has 2 aliphatic rings. The zero-order chi connectivity index (χ0) is 12.5. The third-order valence-electron chi connectivity index (χ3n) is 4.69. The van der Waals surface area contributed by atoms with Gasteiger partial charge in [-0.15, -0.1) is 0 Å². The predicted octanol–water partition coefficient (Wildman–Crippen LogP) is 3.82. The van der Waals surface area contributed by atoms with Crippen molar-refractivity contribution in [3.63, 3.8) is 0 Å². The number of likely N-dealkylation sites (tertiary alicyclic amines) is 1. The molecule has 1 aliphatic heterocycles. The van der Waals surface area contributed by atoms with Gasteiger partial charge < -0.3 is 4.90 Å². The fraction of sp³-hybridized carbons (Fsp3) is 0.529. The van der Waals surface area contributed by atoms with Gasteiger partial charge in [-0.05, 0) is 49.3 Å². The van der Waals surface area contributed by atoms with Crippen molar-refractivity contribution in [1.82, 2.24) is 4.90 Å². The molecule has 0 N–H and O–H groups in total. The molecule has 0 amide bonds. The summed E-state index contributed by atoms with van der Waals surface area (Å²) in [5, 5.41) is 0. The van der Waals surface area contributed by atoms with Gasteiger partial charge in [-0.2, -0.15) is 0 Å². The van der Waals surface area contributed by atoms with Crippen LogP contribution in [0.1, 0.15) is 31.7 Å². The van der Waals surface area contributed by atoms with Crippen LogP contribution in [0.4, 0.5) is 0 Å². The molecule has 2 unspecified atom stereocenters. The number of fused-ring (bicyclic) bond motifs is 1. The second kappa shape index (κ2) is 4.89. The van der Waals surface area contributed by atoms with Gasteiger partial charge in [0, 0.05) is 13.1 Å². The molecule has 96 valence electrons. The average Bonchev–Trinajstić information content (AvgIpc) is 2.77. The van der Waals surface area contributed by atoms with Gasteiger partial charge >= 0.3 is 0 Å². The number of allylic oxidation sites excluding steroid dienone is 1. The Morgan fingerprint density at radius 1 is 1.22 bits per heavy atom. The van der Waals surface area contributed by atoms with Crippen molar-refractivity contribution in [2.45, 2.75) is 26.2 Å². The lowest BCUT2D eigenvalue weighted by Crippen LogP contribution is -2.32. The second-order valence-electron chi connectivity index (χ2n) is 5.85. The standard InChI is InChI=1S/C17H23N/c1-3-13-11-15-12-18(2)10-9-16(15)17(13)14-7-5-4-6-8-14/h4-8,13,15H,3,9-12H2,1-2H3. The highest BCUT2D eigenvalue weighted by Gasteiger charge is 2.35. The third-order valence-corrected chi connectivity index (χ3v) is 4.69. The summed E-state index contributed by atoms with van der Waals surface area (Å²) in [5.74, 6) is 1.61. The Labute approximate surface area is 111 Å². The summed E-state index contributed by atoms with van der Waals surface area (Å²) in [6.45, 7) is 4.84. The van der Waals surface area contributed by atoms with E-state index in [1.54, 1.807) is 11.1 Å². The Kier molecular flexibility index (Phi) is 3.25. The monoisotopic (exact) mass is 241 g/mol. The largest absolute Gasteiger partial charge is 0.305 e. The van der Waals surface area contributed by atoms with Crippen LogP contribution in [-0.2, 0) is 0 Å². The molecule has 0 saturated carbocycles. The number of hydrogen-bond acceptors (Lipinski definition) is 1. The molecule has 1 nitrogen and oxygen atoms in total. The summed E-state index contributed by atoms with van der Waals surface area (Å²) < 4.78 is 0. The molecule has 1 saturated heterocycles. The minimum Gasteiger partial charge on any atom is -0.305 e. The highest BCUT2D eigenvalue weighted by Crippen LogP contribution is 2.47. The molecular formula is C17H23N. The van der Waals surface area contributed by atoms with Crippen LogP contribution >= 0.6 is 0 Å². The molecule has 0 radical (unpaired) electrons. The molecule has 1 aliphatic carbocycles. The SMILES string of the molecule is CCC1CC2CN(C)CCC2=C1c1ccccc1. The lowest BCUT2D eigenvalue weighted by Gasteiger charge is -2.29. The van der Waals surface area contributed by atoms with Crippen LogP contribution < -0.4 is 0 Å². The fourth-order valence-electron chi connectivity index (χ4n) is 3.80. The van der Waals surface area contributed by atoms with E-state index in [1.807, 2.05) is 0 Å². The molecule has 1 aromatic rings. The number of rotatable bonds is 2. The van der Waals surface area contributed by atoms with Crippen molar-refractivity contribution in [2.24, 2.45) is 11.8 Å². The van der Waals surface area contributed by atoms with E-state index in [0.717, 1.165) is 11.8 Å². The minimum atomic E-state index is 0.791. The summed E-state index contributed by atoms with van der Waals surface area (Å²) in [4.78, 5) is 2.49. The van der Waals surface area contributed by atoms with Crippen molar-refractivity contribution in [1.29, 1.82) is 0 Å². The summed E-state index contributed by atoms with van der Waals surface area (Å²) >= 11 is 0. The molecule has 18 heavy (non-hydrogen) atoms. The smallest absolute Gasteiger partial charge is 0.00445 e. The molecule has 2 atom stereocenters. The first-order valence-electron chi connectivity index (χ1n) is 7.26. The highest BCUT2D eigenvalue weighted by molar-refractivity contribution is 5.73. The topological polar surface area (TPSA) is 3.24 Å². The van der Waals surface area contributed by atoms with Crippen molar-refractivity contribution in [2.75, 3.05) is 20.1 Å². The van der Waals surface area contributed by atoms with Gasteiger partial charge in [0.15, 0.2) is 0 Å². The minimum absolute atomic E-state index is 0.791. The van der Waals surface area contributed by atoms with E-state index in [9.17, 15) is 0 Å². The maximum atomic E-state index is 2.49. The zero-order valence-corrected chi connectivity index (χ0v) is 11.5. The van der Waals surface area contributed by atoms with Gasteiger partial charge in [-0.25, -0.2) is 0 Å². The molecule has 3 rings (SSSR count). The van der Waals surface area contributed by atoms with Gasteiger partial charge in [-0.3, -0.25) is 0 Å². The maximum absolute atomic E-state index is 2.49. The number of benzene rings is 1. The van der Waals surface area contributed by atoms with Gasteiger partial charge in [-0.1, -0.05) is 42.8 Å². The average molecular weight is 241 g/mol.